The molecule has 1 aromatic rings. The van der Waals surface area contributed by atoms with Crippen molar-refractivity contribution in [3.05, 3.63) is 35.4 Å². The number of nitrogens with zero attached hydrogens (tertiary/aromatic N) is 1. The van der Waals surface area contributed by atoms with Crippen molar-refractivity contribution in [1.29, 1.82) is 0 Å². The first kappa shape index (κ1) is 20.3. The Bertz CT molecular complexity index is 589. The van der Waals surface area contributed by atoms with Crippen molar-refractivity contribution < 1.29 is 4.79 Å². The van der Waals surface area contributed by atoms with E-state index in [1.54, 1.807) is 0 Å². The number of nitrogens with one attached hydrogen (secondary N) is 2. The lowest BCUT2D eigenvalue weighted by Gasteiger charge is -2.30. The van der Waals surface area contributed by atoms with Gasteiger partial charge in [-0.1, -0.05) is 38.1 Å². The molecular formula is C23H37N3O. The molecule has 0 bridgehead atoms. The third kappa shape index (κ3) is 6.62. The molecule has 2 N–H and O–H groups in total. The lowest BCUT2D eigenvalue weighted by Crippen LogP contribution is -2.33. The van der Waals surface area contributed by atoms with Crippen LogP contribution in [0.2, 0.25) is 0 Å². The van der Waals surface area contributed by atoms with Gasteiger partial charge in [0.1, 0.15) is 0 Å². The van der Waals surface area contributed by atoms with Crippen LogP contribution in [0.15, 0.2) is 24.3 Å². The standard InChI is InChI=1S/C23H37N3O/c1-18-8-12-26(13-9-18)17-21-5-3-4-20(15-21)16-25-23(27)14-19(2)22-6-10-24-11-7-22/h3-5,15,18-19,22,24H,6-14,16-17H2,1-2H3,(H,25,27). The topological polar surface area (TPSA) is 44.4 Å². The Morgan fingerprint density at radius 1 is 1.19 bits per heavy atom. The second-order valence-corrected chi connectivity index (χ2v) is 8.82. The molecule has 2 aliphatic heterocycles. The molecule has 3 rings (SSSR count). The smallest absolute Gasteiger partial charge is 0.220 e. The third-order valence-electron chi connectivity index (χ3n) is 6.46. The summed E-state index contributed by atoms with van der Waals surface area (Å²) in [6.45, 7) is 10.9. The molecule has 4 heteroatoms. The lowest BCUT2D eigenvalue weighted by molar-refractivity contribution is -0.122. The van der Waals surface area contributed by atoms with Crippen molar-refractivity contribution >= 4 is 5.91 Å². The van der Waals surface area contributed by atoms with Crippen molar-refractivity contribution in [2.75, 3.05) is 26.2 Å². The van der Waals surface area contributed by atoms with Crippen molar-refractivity contribution in [2.24, 2.45) is 17.8 Å². The molecule has 27 heavy (non-hydrogen) atoms. The minimum Gasteiger partial charge on any atom is -0.352 e. The number of carbonyl (C=O) groups is 1. The molecule has 2 saturated heterocycles. The highest BCUT2D eigenvalue weighted by atomic mass is 16.1. The van der Waals surface area contributed by atoms with E-state index in [-0.39, 0.29) is 5.91 Å². The highest BCUT2D eigenvalue weighted by Crippen LogP contribution is 2.24. The van der Waals surface area contributed by atoms with Gasteiger partial charge in [-0.3, -0.25) is 9.69 Å². The first-order valence-corrected chi connectivity index (χ1v) is 10.9. The Balaban J connectivity index is 1.43. The Morgan fingerprint density at radius 2 is 1.89 bits per heavy atom. The van der Waals surface area contributed by atoms with Crippen molar-refractivity contribution in [2.45, 2.75) is 59.0 Å². The molecule has 0 radical (unpaired) electrons. The maximum absolute atomic E-state index is 12.4. The number of hydrogen-bond acceptors (Lipinski definition) is 3. The highest BCUT2D eigenvalue weighted by Gasteiger charge is 2.22. The fourth-order valence-corrected chi connectivity index (χ4v) is 4.46. The van der Waals surface area contributed by atoms with Gasteiger partial charge < -0.3 is 10.6 Å². The molecule has 2 aliphatic rings. The predicted molar refractivity (Wildman–Crippen MR) is 111 cm³/mol. The Hall–Kier alpha value is -1.39. The van der Waals surface area contributed by atoms with E-state index in [0.29, 0.717) is 24.8 Å². The van der Waals surface area contributed by atoms with E-state index in [1.165, 1.54) is 49.9 Å². The van der Waals surface area contributed by atoms with E-state index < -0.39 is 0 Å². The monoisotopic (exact) mass is 371 g/mol. The van der Waals surface area contributed by atoms with Gasteiger partial charge in [-0.25, -0.2) is 0 Å². The summed E-state index contributed by atoms with van der Waals surface area (Å²) in [4.78, 5) is 14.9. The van der Waals surface area contributed by atoms with Crippen LogP contribution in [0, 0.1) is 17.8 Å². The summed E-state index contributed by atoms with van der Waals surface area (Å²) in [5.74, 6) is 2.22. The summed E-state index contributed by atoms with van der Waals surface area (Å²) >= 11 is 0. The number of benzene rings is 1. The van der Waals surface area contributed by atoms with Crippen LogP contribution in [0.3, 0.4) is 0 Å². The molecule has 1 atom stereocenters. The normalized spacial score (nSPS) is 21.1. The Kier molecular flexibility index (Phi) is 7.71. The lowest BCUT2D eigenvalue weighted by atomic mass is 9.84. The molecule has 1 unspecified atom stereocenters. The fourth-order valence-electron chi connectivity index (χ4n) is 4.46. The zero-order valence-corrected chi connectivity index (χ0v) is 17.2. The maximum atomic E-state index is 12.4. The molecular weight excluding hydrogens is 334 g/mol. The number of rotatable bonds is 7. The minimum atomic E-state index is 0.191. The summed E-state index contributed by atoms with van der Waals surface area (Å²) in [6, 6.07) is 8.72. The fraction of sp³-hybridized carbons (Fsp3) is 0.696. The summed E-state index contributed by atoms with van der Waals surface area (Å²) in [5.41, 5.74) is 2.57. The molecule has 1 amide bonds. The summed E-state index contributed by atoms with van der Waals surface area (Å²) in [5, 5.41) is 6.54. The van der Waals surface area contributed by atoms with Crippen LogP contribution in [0.25, 0.3) is 0 Å². The van der Waals surface area contributed by atoms with Gasteiger partial charge in [-0.05, 0) is 80.7 Å². The van der Waals surface area contributed by atoms with Gasteiger partial charge in [0, 0.05) is 19.5 Å². The molecule has 0 spiro atoms. The van der Waals surface area contributed by atoms with Gasteiger partial charge in [0.15, 0.2) is 0 Å². The average molecular weight is 372 g/mol. The first-order chi connectivity index (χ1) is 13.1. The van der Waals surface area contributed by atoms with E-state index in [1.807, 2.05) is 0 Å². The van der Waals surface area contributed by atoms with Gasteiger partial charge in [-0.2, -0.15) is 0 Å². The largest absolute Gasteiger partial charge is 0.352 e. The number of likely N-dealkylation sites (tertiary alicyclic amines) is 1. The van der Waals surface area contributed by atoms with Crippen LogP contribution < -0.4 is 10.6 Å². The van der Waals surface area contributed by atoms with Gasteiger partial charge >= 0.3 is 0 Å². The van der Waals surface area contributed by atoms with Crippen LogP contribution in [-0.2, 0) is 17.9 Å². The van der Waals surface area contributed by atoms with E-state index in [2.05, 4.69) is 53.6 Å². The molecule has 150 valence electrons. The molecule has 0 saturated carbocycles. The zero-order valence-electron chi connectivity index (χ0n) is 17.2. The average Bonchev–Trinajstić information content (AvgIpc) is 2.69. The van der Waals surface area contributed by atoms with E-state index >= 15 is 0 Å². The molecule has 0 aliphatic carbocycles. The van der Waals surface area contributed by atoms with E-state index in [4.69, 9.17) is 0 Å². The van der Waals surface area contributed by atoms with E-state index in [9.17, 15) is 4.79 Å². The van der Waals surface area contributed by atoms with Crippen LogP contribution in [-0.4, -0.2) is 37.0 Å². The van der Waals surface area contributed by atoms with Gasteiger partial charge in [0.2, 0.25) is 5.91 Å². The number of piperidine rings is 2. The first-order valence-electron chi connectivity index (χ1n) is 10.9. The summed E-state index contributed by atoms with van der Waals surface area (Å²) < 4.78 is 0. The minimum absolute atomic E-state index is 0.191. The van der Waals surface area contributed by atoms with Gasteiger partial charge in [0.25, 0.3) is 0 Å². The zero-order chi connectivity index (χ0) is 19.1. The summed E-state index contributed by atoms with van der Waals surface area (Å²) in [7, 11) is 0. The molecule has 1 aromatic carbocycles. The van der Waals surface area contributed by atoms with Crippen LogP contribution in [0.1, 0.15) is 57.1 Å². The maximum Gasteiger partial charge on any atom is 0.220 e. The van der Waals surface area contributed by atoms with E-state index in [0.717, 1.165) is 25.6 Å². The predicted octanol–water partition coefficient (Wildman–Crippen LogP) is 3.56. The number of hydrogen-bond donors (Lipinski definition) is 2. The summed E-state index contributed by atoms with van der Waals surface area (Å²) in [6.07, 6.45) is 5.67. The molecule has 0 aromatic heterocycles. The molecule has 2 heterocycles. The Morgan fingerprint density at radius 3 is 2.63 bits per heavy atom. The number of amides is 1. The van der Waals surface area contributed by atoms with Crippen molar-refractivity contribution in [3.63, 3.8) is 0 Å². The highest BCUT2D eigenvalue weighted by molar-refractivity contribution is 5.76. The second kappa shape index (κ2) is 10.2. The Labute approximate surface area is 165 Å². The van der Waals surface area contributed by atoms with Gasteiger partial charge in [-0.15, -0.1) is 0 Å². The van der Waals surface area contributed by atoms with Crippen molar-refractivity contribution in [3.8, 4) is 0 Å². The SMILES string of the molecule is CC1CCN(Cc2cccc(CNC(=O)CC(C)C3CCNCC3)c2)CC1. The third-order valence-corrected chi connectivity index (χ3v) is 6.46. The quantitative estimate of drug-likeness (QED) is 0.770. The molecule has 2 fully saturated rings. The molecule has 4 nitrogen and oxygen atoms in total. The second-order valence-electron chi connectivity index (χ2n) is 8.82. The van der Waals surface area contributed by atoms with Crippen LogP contribution in [0.5, 0.6) is 0 Å². The van der Waals surface area contributed by atoms with Crippen molar-refractivity contribution in [1.82, 2.24) is 15.5 Å². The van der Waals surface area contributed by atoms with Gasteiger partial charge in [0.05, 0.1) is 0 Å². The van der Waals surface area contributed by atoms with Crippen LogP contribution >= 0.6 is 0 Å². The van der Waals surface area contributed by atoms with Crippen LogP contribution in [0.4, 0.5) is 0 Å². The number of carbonyl (C=O) groups excluding carboxylic acids is 1.